The minimum absolute atomic E-state index is 0.260. The molecule has 0 aliphatic carbocycles. The van der Waals surface area contributed by atoms with Crippen LogP contribution in [0.25, 0.3) is 0 Å². The van der Waals surface area contributed by atoms with Crippen LogP contribution in [-0.4, -0.2) is 29.8 Å². The monoisotopic (exact) mass is 473 g/mol. The third kappa shape index (κ3) is 18.5. The van der Waals surface area contributed by atoms with E-state index in [1.807, 2.05) is 74.5 Å². The van der Waals surface area contributed by atoms with Crippen LogP contribution in [0.3, 0.4) is 0 Å². The molecule has 2 amide bonds. The molecule has 34 heavy (non-hydrogen) atoms. The molecule has 0 fully saturated rings. The van der Waals surface area contributed by atoms with Crippen molar-refractivity contribution in [2.45, 2.75) is 81.7 Å². The second-order valence-corrected chi connectivity index (χ2v) is 6.56. The Morgan fingerprint density at radius 2 is 1.47 bits per heavy atom. The van der Waals surface area contributed by atoms with E-state index in [-0.39, 0.29) is 11.8 Å². The minimum atomic E-state index is -0.848. The minimum Gasteiger partial charge on any atom is -0.405 e. The van der Waals surface area contributed by atoms with E-state index in [1.54, 1.807) is 44.5 Å². The van der Waals surface area contributed by atoms with Crippen molar-refractivity contribution >= 4 is 11.8 Å². The molecule has 0 spiro atoms. The fraction of sp³-hybridized carbons (Fsp3) is 0.448. The van der Waals surface area contributed by atoms with Gasteiger partial charge in [-0.25, -0.2) is 0 Å². The molecule has 0 aromatic rings. The smallest absolute Gasteiger partial charge is 0.253 e. The van der Waals surface area contributed by atoms with Gasteiger partial charge in [0.15, 0.2) is 0 Å². The fourth-order valence-electron chi connectivity index (χ4n) is 2.08. The molecular weight excluding hydrogens is 422 g/mol. The van der Waals surface area contributed by atoms with Gasteiger partial charge in [-0.05, 0) is 64.0 Å². The standard InChI is InChI=1S/C22H32N2O2.C3H7N.2C2H6/c1-9-12-19(7)21(25)23-20(22(26)24(8)15-10-2)18(6)14-13-17(5)16(4)11-3;1-2-3-4;2*1-2/h10-15,20H,5-6,9H2,1-4,7-8H3,(H,23,25);2-3H,4H2,1H3;2*1-2H3/b14-13-,15-10+,16-11+,19-12+;3-2-;;. The summed E-state index contributed by atoms with van der Waals surface area (Å²) >= 11 is 0. The largest absolute Gasteiger partial charge is 0.405 e. The lowest BCUT2D eigenvalue weighted by molar-refractivity contribution is -0.131. The van der Waals surface area contributed by atoms with Crippen molar-refractivity contribution < 1.29 is 9.59 Å². The molecule has 0 bridgehead atoms. The number of nitrogens with one attached hydrogen (secondary N) is 1. The highest BCUT2D eigenvalue weighted by molar-refractivity contribution is 5.98. The Morgan fingerprint density at radius 3 is 1.85 bits per heavy atom. The van der Waals surface area contributed by atoms with Crippen LogP contribution in [0.15, 0.2) is 84.3 Å². The number of nitrogens with two attached hydrogens (primary N) is 1. The zero-order valence-corrected chi connectivity index (χ0v) is 23.7. The van der Waals surface area contributed by atoms with Gasteiger partial charge in [0.05, 0.1) is 0 Å². The Morgan fingerprint density at radius 1 is 0.971 bits per heavy atom. The SMILES string of the molecule is C/C=C\N.C=C(/C=C\C(=C)C(NC(=O)/C(C)=C/CC)C(=O)N(C)/C=C/C)/C(C)=C/C.CC.CC. The molecule has 0 saturated carbocycles. The second kappa shape index (κ2) is 26.2. The Bertz CT molecular complexity index is 734. The number of amides is 2. The van der Waals surface area contributed by atoms with E-state index in [4.69, 9.17) is 5.73 Å². The summed E-state index contributed by atoms with van der Waals surface area (Å²) in [5, 5.41) is 2.78. The fourth-order valence-corrected chi connectivity index (χ4v) is 2.08. The average Bonchev–Trinajstić information content (AvgIpc) is 2.87. The van der Waals surface area contributed by atoms with Gasteiger partial charge in [0.25, 0.3) is 5.91 Å². The van der Waals surface area contributed by atoms with E-state index in [2.05, 4.69) is 18.5 Å². The summed E-state index contributed by atoms with van der Waals surface area (Å²) in [5.74, 6) is -0.541. The molecule has 194 valence electrons. The Kier molecular flexibility index (Phi) is 29.4. The van der Waals surface area contributed by atoms with E-state index < -0.39 is 6.04 Å². The first-order valence-corrected chi connectivity index (χ1v) is 12.0. The first-order valence-electron chi connectivity index (χ1n) is 12.0. The summed E-state index contributed by atoms with van der Waals surface area (Å²) in [7, 11) is 1.65. The third-order valence-electron chi connectivity index (χ3n) is 4.11. The third-order valence-corrected chi connectivity index (χ3v) is 4.11. The predicted molar refractivity (Wildman–Crippen MR) is 152 cm³/mol. The number of hydrogen-bond acceptors (Lipinski definition) is 3. The van der Waals surface area contributed by atoms with Gasteiger partial charge >= 0.3 is 0 Å². The maximum Gasteiger partial charge on any atom is 0.253 e. The number of nitrogens with zero attached hydrogens (tertiary/aromatic N) is 1. The molecule has 0 aromatic heterocycles. The van der Waals surface area contributed by atoms with Crippen LogP contribution in [0.5, 0.6) is 0 Å². The number of allylic oxidation sites excluding steroid dienone is 7. The second-order valence-electron chi connectivity index (χ2n) is 6.56. The molecule has 1 unspecified atom stereocenters. The van der Waals surface area contributed by atoms with Gasteiger partial charge in [0, 0.05) is 18.8 Å². The van der Waals surface area contributed by atoms with Crippen LogP contribution in [0.4, 0.5) is 0 Å². The normalized spacial score (nSPS) is 12.0. The molecule has 0 radical (unpaired) electrons. The van der Waals surface area contributed by atoms with Gasteiger partial charge in [-0.1, -0.05) is 84.2 Å². The van der Waals surface area contributed by atoms with E-state index >= 15 is 0 Å². The van der Waals surface area contributed by atoms with Crippen LogP contribution >= 0.6 is 0 Å². The summed E-state index contributed by atoms with van der Waals surface area (Å²) in [6, 6.07) is -0.848. The molecule has 0 saturated heterocycles. The predicted octanol–water partition coefficient (Wildman–Crippen LogP) is 6.99. The zero-order valence-electron chi connectivity index (χ0n) is 23.7. The quantitative estimate of drug-likeness (QED) is 0.280. The highest BCUT2D eigenvalue weighted by Gasteiger charge is 2.25. The van der Waals surface area contributed by atoms with Gasteiger partial charge in [0.2, 0.25) is 5.91 Å². The van der Waals surface area contributed by atoms with Crippen LogP contribution in [-0.2, 0) is 9.59 Å². The molecule has 0 heterocycles. The lowest BCUT2D eigenvalue weighted by Gasteiger charge is -2.23. The van der Waals surface area contributed by atoms with Gasteiger partial charge < -0.3 is 16.0 Å². The number of carbonyl (C=O) groups is 2. The van der Waals surface area contributed by atoms with Crippen molar-refractivity contribution in [2.24, 2.45) is 5.73 Å². The Balaban J connectivity index is -0.000000493. The molecule has 3 N–H and O–H groups in total. The van der Waals surface area contributed by atoms with Gasteiger partial charge in [0.1, 0.15) is 6.04 Å². The van der Waals surface area contributed by atoms with Crippen LogP contribution < -0.4 is 11.1 Å². The van der Waals surface area contributed by atoms with Crippen molar-refractivity contribution in [1.82, 2.24) is 10.2 Å². The lowest BCUT2D eigenvalue weighted by Crippen LogP contribution is -2.46. The summed E-state index contributed by atoms with van der Waals surface area (Å²) in [6.45, 7) is 27.2. The van der Waals surface area contributed by atoms with Crippen molar-refractivity contribution in [2.75, 3.05) is 7.05 Å². The Hall–Kier alpha value is -3.08. The molecule has 0 rings (SSSR count). The van der Waals surface area contributed by atoms with Crippen molar-refractivity contribution in [3.05, 3.63) is 84.3 Å². The Labute approximate surface area is 210 Å². The van der Waals surface area contributed by atoms with Gasteiger partial charge in [-0.2, -0.15) is 0 Å². The van der Waals surface area contributed by atoms with Crippen LogP contribution in [0.2, 0.25) is 0 Å². The molecule has 5 heteroatoms. The topological polar surface area (TPSA) is 75.4 Å². The summed E-state index contributed by atoms with van der Waals surface area (Å²) < 4.78 is 0. The first kappa shape index (κ1) is 38.2. The maximum absolute atomic E-state index is 12.7. The van der Waals surface area contributed by atoms with Crippen LogP contribution in [0, 0.1) is 0 Å². The zero-order chi connectivity index (χ0) is 27.7. The molecular formula is C29H51N3O2. The van der Waals surface area contributed by atoms with Crippen molar-refractivity contribution in [1.29, 1.82) is 0 Å². The highest BCUT2D eigenvalue weighted by atomic mass is 16.2. The van der Waals surface area contributed by atoms with Crippen LogP contribution in [0.1, 0.15) is 75.7 Å². The van der Waals surface area contributed by atoms with Crippen molar-refractivity contribution in [3.63, 3.8) is 0 Å². The molecule has 0 aliphatic heterocycles. The van der Waals surface area contributed by atoms with E-state index in [0.717, 1.165) is 17.6 Å². The van der Waals surface area contributed by atoms with Gasteiger partial charge in [-0.3, -0.25) is 9.59 Å². The average molecular weight is 474 g/mol. The molecule has 0 aliphatic rings. The number of rotatable bonds is 9. The number of hydrogen-bond donors (Lipinski definition) is 2. The number of likely N-dealkylation sites (N-methyl/N-ethyl adjacent to an activating group) is 1. The van der Waals surface area contributed by atoms with E-state index in [1.165, 1.54) is 11.1 Å². The summed E-state index contributed by atoms with van der Waals surface area (Å²) in [6.07, 6.45) is 14.7. The number of carbonyl (C=O) groups excluding carboxylic acids is 2. The molecule has 1 atom stereocenters. The lowest BCUT2D eigenvalue weighted by atomic mass is 10.0. The molecule has 0 aromatic carbocycles. The van der Waals surface area contributed by atoms with E-state index in [9.17, 15) is 9.59 Å². The summed E-state index contributed by atoms with van der Waals surface area (Å²) in [5.41, 5.74) is 7.78. The van der Waals surface area contributed by atoms with E-state index in [0.29, 0.717) is 11.1 Å². The van der Waals surface area contributed by atoms with Gasteiger partial charge in [-0.15, -0.1) is 0 Å². The maximum atomic E-state index is 12.7. The summed E-state index contributed by atoms with van der Waals surface area (Å²) in [4.78, 5) is 26.5. The highest BCUT2D eigenvalue weighted by Crippen LogP contribution is 2.13. The first-order chi connectivity index (χ1) is 16.1. The van der Waals surface area contributed by atoms with Crippen molar-refractivity contribution in [3.8, 4) is 0 Å². The molecule has 5 nitrogen and oxygen atoms in total.